The van der Waals surface area contributed by atoms with E-state index < -0.39 is 0 Å². The van der Waals surface area contributed by atoms with Gasteiger partial charge in [-0.2, -0.15) is 0 Å². The second kappa shape index (κ2) is 15.1. The summed E-state index contributed by atoms with van der Waals surface area (Å²) in [5.41, 5.74) is 16.4. The number of hydrogen-bond acceptors (Lipinski definition) is 1. The Kier molecular flexibility index (Phi) is 8.87. The predicted octanol–water partition coefficient (Wildman–Crippen LogP) is 16.1. The topological polar surface area (TPSA) is 8.17 Å². The minimum Gasteiger partial charge on any atom is -0.310 e. The first kappa shape index (κ1) is 35.2. The van der Waals surface area contributed by atoms with Crippen LogP contribution in [-0.4, -0.2) is 4.57 Å². The quantitative estimate of drug-likeness (QED) is 0.150. The summed E-state index contributed by atoms with van der Waals surface area (Å²) in [4.78, 5) is 2.38. The Hall–Kier alpha value is -7.94. The maximum atomic E-state index is 2.44. The van der Waals surface area contributed by atoms with Gasteiger partial charge in [-0.1, -0.05) is 188 Å². The first-order valence-corrected chi connectivity index (χ1v) is 20.6. The van der Waals surface area contributed by atoms with Crippen molar-refractivity contribution in [1.82, 2.24) is 4.57 Å². The Morgan fingerprint density at radius 1 is 0.300 bits per heavy atom. The maximum absolute atomic E-state index is 2.44. The fraction of sp³-hybridized carbons (Fsp3) is 0. The predicted molar refractivity (Wildman–Crippen MR) is 255 cm³/mol. The molecule has 1 aromatic heterocycles. The van der Waals surface area contributed by atoms with Crippen molar-refractivity contribution in [2.75, 3.05) is 4.90 Å². The smallest absolute Gasteiger partial charge is 0.0625 e. The number of rotatable bonds is 8. The number of hydrogen-bond donors (Lipinski definition) is 0. The number of anilines is 3. The highest BCUT2D eigenvalue weighted by Crippen LogP contribution is 2.45. The summed E-state index contributed by atoms with van der Waals surface area (Å²) in [7, 11) is 0. The standard InChI is InChI=1S/C58H40N2/c1-4-16-41(17-5-1)42-30-34-48(35-31-42)59(49-36-32-45(33-37-49)52-28-15-21-43-20-10-11-26-51(43)52)50-25-14-22-46(40-50)53-38-39-54(44-18-6-2-7-19-44)58-57(53)55-27-12-13-29-56(55)60(58)47-23-8-3-9-24-47/h1-40H. The number of benzene rings is 10. The van der Waals surface area contributed by atoms with Crippen molar-refractivity contribution in [2.45, 2.75) is 0 Å². The zero-order valence-electron chi connectivity index (χ0n) is 33.0. The number of para-hydroxylation sites is 2. The third-order valence-electron chi connectivity index (χ3n) is 11.8. The van der Waals surface area contributed by atoms with E-state index in [0.29, 0.717) is 0 Å². The van der Waals surface area contributed by atoms with Crippen LogP contribution in [0.1, 0.15) is 0 Å². The average molecular weight is 765 g/mol. The van der Waals surface area contributed by atoms with Crippen LogP contribution in [0.4, 0.5) is 17.1 Å². The van der Waals surface area contributed by atoms with E-state index in [9.17, 15) is 0 Å². The zero-order chi connectivity index (χ0) is 39.8. The van der Waals surface area contributed by atoms with Crippen LogP contribution in [0.15, 0.2) is 243 Å². The summed E-state index contributed by atoms with van der Waals surface area (Å²) in [6.07, 6.45) is 0. The molecular weight excluding hydrogens is 725 g/mol. The van der Waals surface area contributed by atoms with Gasteiger partial charge in [0, 0.05) is 39.1 Å². The van der Waals surface area contributed by atoms with E-state index in [2.05, 4.69) is 252 Å². The lowest BCUT2D eigenvalue weighted by Crippen LogP contribution is -2.10. The fourth-order valence-corrected chi connectivity index (χ4v) is 8.99. The lowest BCUT2D eigenvalue weighted by atomic mass is 9.94. The molecule has 0 fully saturated rings. The molecular formula is C58H40N2. The number of aromatic nitrogens is 1. The summed E-state index contributed by atoms with van der Waals surface area (Å²) in [5.74, 6) is 0. The Morgan fingerprint density at radius 3 is 1.55 bits per heavy atom. The molecule has 0 aliphatic heterocycles. The van der Waals surface area contributed by atoms with Gasteiger partial charge in [0.05, 0.1) is 11.0 Å². The van der Waals surface area contributed by atoms with Crippen molar-refractivity contribution < 1.29 is 0 Å². The summed E-state index contributed by atoms with van der Waals surface area (Å²) in [6, 6.07) is 87.8. The second-order valence-electron chi connectivity index (χ2n) is 15.3. The van der Waals surface area contributed by atoms with E-state index in [1.54, 1.807) is 0 Å². The van der Waals surface area contributed by atoms with Crippen LogP contribution in [0, 0.1) is 0 Å². The highest BCUT2D eigenvalue weighted by atomic mass is 15.1. The molecule has 2 heteroatoms. The van der Waals surface area contributed by atoms with Crippen LogP contribution >= 0.6 is 0 Å². The zero-order valence-corrected chi connectivity index (χ0v) is 33.0. The van der Waals surface area contributed by atoms with Gasteiger partial charge in [-0.15, -0.1) is 0 Å². The van der Waals surface area contributed by atoms with Crippen LogP contribution in [-0.2, 0) is 0 Å². The summed E-state index contributed by atoms with van der Waals surface area (Å²) in [5, 5.41) is 4.97. The average Bonchev–Trinajstić information content (AvgIpc) is 3.68. The lowest BCUT2D eigenvalue weighted by Gasteiger charge is -2.26. The monoisotopic (exact) mass is 764 g/mol. The highest BCUT2D eigenvalue weighted by molar-refractivity contribution is 6.19. The van der Waals surface area contributed by atoms with Gasteiger partial charge in [-0.3, -0.25) is 0 Å². The van der Waals surface area contributed by atoms with Gasteiger partial charge in [0.2, 0.25) is 0 Å². The number of fused-ring (bicyclic) bond motifs is 4. The molecule has 0 spiro atoms. The van der Waals surface area contributed by atoms with Gasteiger partial charge in [-0.25, -0.2) is 0 Å². The van der Waals surface area contributed by atoms with E-state index in [1.807, 2.05) is 0 Å². The molecule has 0 saturated heterocycles. The van der Waals surface area contributed by atoms with E-state index in [1.165, 1.54) is 71.5 Å². The van der Waals surface area contributed by atoms with Crippen molar-refractivity contribution in [3.8, 4) is 50.2 Å². The third kappa shape index (κ3) is 6.23. The van der Waals surface area contributed by atoms with Crippen molar-refractivity contribution in [2.24, 2.45) is 0 Å². The minimum atomic E-state index is 1.09. The first-order valence-electron chi connectivity index (χ1n) is 20.6. The Balaban J connectivity index is 1.09. The van der Waals surface area contributed by atoms with Gasteiger partial charge in [-0.05, 0) is 104 Å². The first-order chi connectivity index (χ1) is 29.8. The van der Waals surface area contributed by atoms with Gasteiger partial charge in [0.15, 0.2) is 0 Å². The van der Waals surface area contributed by atoms with Gasteiger partial charge < -0.3 is 9.47 Å². The molecule has 0 bridgehead atoms. The molecule has 60 heavy (non-hydrogen) atoms. The summed E-state index contributed by atoms with van der Waals surface area (Å²) < 4.78 is 2.44. The highest BCUT2D eigenvalue weighted by Gasteiger charge is 2.21. The molecule has 11 aromatic rings. The Bertz CT molecular complexity index is 3270. The molecule has 2 nitrogen and oxygen atoms in total. The normalized spacial score (nSPS) is 11.3. The molecule has 0 aliphatic carbocycles. The SMILES string of the molecule is c1ccc(-c2ccc(N(c3ccc(-c4cccc5ccccc45)cc3)c3cccc(-c4ccc(-c5ccccc5)c5c4c4ccccc4n5-c4ccccc4)c3)cc2)cc1. The second-order valence-corrected chi connectivity index (χ2v) is 15.3. The van der Waals surface area contributed by atoms with Crippen LogP contribution in [0.25, 0.3) is 82.8 Å². The molecule has 0 N–H and O–H groups in total. The van der Waals surface area contributed by atoms with E-state index >= 15 is 0 Å². The minimum absolute atomic E-state index is 1.09. The Labute approximate surface area is 350 Å². The largest absolute Gasteiger partial charge is 0.310 e. The molecule has 0 unspecified atom stereocenters. The van der Waals surface area contributed by atoms with Gasteiger partial charge >= 0.3 is 0 Å². The maximum Gasteiger partial charge on any atom is 0.0625 e. The lowest BCUT2D eigenvalue weighted by molar-refractivity contribution is 1.18. The fourth-order valence-electron chi connectivity index (χ4n) is 8.99. The molecule has 10 aromatic carbocycles. The molecule has 282 valence electrons. The summed E-state index contributed by atoms with van der Waals surface area (Å²) in [6.45, 7) is 0. The van der Waals surface area contributed by atoms with Crippen molar-refractivity contribution in [1.29, 1.82) is 0 Å². The number of nitrogens with zero attached hydrogens (tertiary/aromatic N) is 2. The van der Waals surface area contributed by atoms with Crippen LogP contribution in [0.3, 0.4) is 0 Å². The molecule has 0 amide bonds. The molecule has 0 atom stereocenters. The van der Waals surface area contributed by atoms with Crippen LogP contribution in [0.5, 0.6) is 0 Å². The third-order valence-corrected chi connectivity index (χ3v) is 11.8. The van der Waals surface area contributed by atoms with E-state index in [-0.39, 0.29) is 0 Å². The molecule has 1 heterocycles. The summed E-state index contributed by atoms with van der Waals surface area (Å²) >= 11 is 0. The van der Waals surface area contributed by atoms with E-state index in [4.69, 9.17) is 0 Å². The van der Waals surface area contributed by atoms with Crippen LogP contribution < -0.4 is 4.90 Å². The molecule has 11 rings (SSSR count). The molecule has 0 radical (unpaired) electrons. The molecule has 0 aliphatic rings. The van der Waals surface area contributed by atoms with E-state index in [0.717, 1.165) is 28.3 Å². The van der Waals surface area contributed by atoms with Crippen molar-refractivity contribution >= 4 is 49.6 Å². The van der Waals surface area contributed by atoms with Gasteiger partial charge in [0.1, 0.15) is 0 Å². The molecule has 0 saturated carbocycles. The van der Waals surface area contributed by atoms with Crippen molar-refractivity contribution in [3.05, 3.63) is 243 Å². The van der Waals surface area contributed by atoms with Crippen molar-refractivity contribution in [3.63, 3.8) is 0 Å². The Morgan fingerprint density at radius 2 is 0.817 bits per heavy atom. The van der Waals surface area contributed by atoms with Gasteiger partial charge in [0.25, 0.3) is 0 Å². The van der Waals surface area contributed by atoms with Crippen LogP contribution in [0.2, 0.25) is 0 Å².